The molecule has 1 amide bonds. The lowest BCUT2D eigenvalue weighted by molar-refractivity contribution is -0.118. The van der Waals surface area contributed by atoms with Gasteiger partial charge in [0, 0.05) is 10.6 Å². The maximum atomic E-state index is 12.0. The van der Waals surface area contributed by atoms with Gasteiger partial charge >= 0.3 is 0 Å². The van der Waals surface area contributed by atoms with Crippen LogP contribution in [0.5, 0.6) is 0 Å². The highest BCUT2D eigenvalue weighted by molar-refractivity contribution is 7.99. The molecule has 0 fully saturated rings. The summed E-state index contributed by atoms with van der Waals surface area (Å²) in [5.74, 6) is 1.31. The normalized spacial score (nSPS) is 10.7. The van der Waals surface area contributed by atoms with Crippen molar-refractivity contribution in [3.63, 3.8) is 0 Å². The molecular weight excluding hydrogens is 376 g/mol. The number of nitrogens with two attached hydrogens (primary N) is 2. The van der Waals surface area contributed by atoms with Crippen LogP contribution in [-0.4, -0.2) is 26.6 Å². The Morgan fingerprint density at radius 2 is 1.77 bits per heavy atom. The van der Waals surface area contributed by atoms with Crippen LogP contribution in [0.4, 0.5) is 11.9 Å². The zero-order valence-electron chi connectivity index (χ0n) is 13.5. The molecular formula is C16H15ClN6O2S. The van der Waals surface area contributed by atoms with Crippen LogP contribution in [0.1, 0.15) is 5.76 Å². The lowest BCUT2D eigenvalue weighted by Crippen LogP contribution is -2.24. The second-order valence-corrected chi connectivity index (χ2v) is 6.55. The molecule has 26 heavy (non-hydrogen) atoms. The van der Waals surface area contributed by atoms with E-state index in [0.29, 0.717) is 21.7 Å². The van der Waals surface area contributed by atoms with Crippen molar-refractivity contribution in [2.45, 2.75) is 11.7 Å². The highest BCUT2D eigenvalue weighted by atomic mass is 35.5. The lowest BCUT2D eigenvalue weighted by atomic mass is 10.2. The third-order valence-corrected chi connectivity index (χ3v) is 4.33. The maximum absolute atomic E-state index is 12.0. The van der Waals surface area contributed by atoms with Gasteiger partial charge in [-0.15, -0.1) is 0 Å². The summed E-state index contributed by atoms with van der Waals surface area (Å²) in [6.45, 7) is 0.272. The van der Waals surface area contributed by atoms with Gasteiger partial charge in [-0.25, -0.2) is 0 Å². The lowest BCUT2D eigenvalue weighted by Gasteiger charge is -2.04. The number of carbonyl (C=O) groups is 1. The number of nitrogens with one attached hydrogen (secondary N) is 1. The van der Waals surface area contributed by atoms with Gasteiger partial charge in [0.15, 0.2) is 5.16 Å². The van der Waals surface area contributed by atoms with Crippen LogP contribution >= 0.6 is 23.4 Å². The molecule has 134 valence electrons. The first-order chi connectivity index (χ1) is 12.5. The molecule has 5 N–H and O–H groups in total. The SMILES string of the molecule is Nc1nc(N)nc(SCC(=O)NCc2ccc(-c3ccc(Cl)cc3)o2)n1. The van der Waals surface area contributed by atoms with Crippen molar-refractivity contribution in [3.8, 4) is 11.3 Å². The fraction of sp³-hybridized carbons (Fsp3) is 0.125. The van der Waals surface area contributed by atoms with Gasteiger partial charge in [-0.3, -0.25) is 4.79 Å². The van der Waals surface area contributed by atoms with Crippen molar-refractivity contribution in [2.24, 2.45) is 0 Å². The Morgan fingerprint density at radius 1 is 1.08 bits per heavy atom. The van der Waals surface area contributed by atoms with Gasteiger partial charge in [0.25, 0.3) is 0 Å². The summed E-state index contributed by atoms with van der Waals surface area (Å²) in [7, 11) is 0. The van der Waals surface area contributed by atoms with Crippen molar-refractivity contribution in [2.75, 3.05) is 17.2 Å². The molecule has 2 aromatic heterocycles. The Kier molecular flexibility index (Phi) is 5.59. The molecule has 10 heteroatoms. The van der Waals surface area contributed by atoms with Crippen molar-refractivity contribution < 1.29 is 9.21 Å². The minimum Gasteiger partial charge on any atom is -0.459 e. The van der Waals surface area contributed by atoms with E-state index in [2.05, 4.69) is 20.3 Å². The van der Waals surface area contributed by atoms with Crippen molar-refractivity contribution in [1.82, 2.24) is 20.3 Å². The minimum atomic E-state index is -0.197. The Balaban J connectivity index is 1.51. The number of benzene rings is 1. The van der Waals surface area contributed by atoms with E-state index in [1.165, 1.54) is 0 Å². The number of anilines is 2. The number of hydrogen-bond acceptors (Lipinski definition) is 8. The largest absolute Gasteiger partial charge is 0.459 e. The summed E-state index contributed by atoms with van der Waals surface area (Å²) in [5.41, 5.74) is 11.9. The molecule has 0 atom stereocenters. The third-order valence-electron chi connectivity index (χ3n) is 3.23. The fourth-order valence-electron chi connectivity index (χ4n) is 2.06. The van der Waals surface area contributed by atoms with Gasteiger partial charge in [-0.05, 0) is 36.4 Å². The maximum Gasteiger partial charge on any atom is 0.230 e. The number of rotatable bonds is 6. The summed E-state index contributed by atoms with van der Waals surface area (Å²) in [6.07, 6.45) is 0. The Morgan fingerprint density at radius 3 is 2.46 bits per heavy atom. The molecule has 3 rings (SSSR count). The Bertz CT molecular complexity index is 895. The number of halogens is 1. The molecule has 0 aliphatic rings. The van der Waals surface area contributed by atoms with Crippen molar-refractivity contribution in [3.05, 3.63) is 47.2 Å². The molecule has 1 aromatic carbocycles. The zero-order valence-corrected chi connectivity index (χ0v) is 15.0. The second kappa shape index (κ2) is 8.07. The van der Waals surface area contributed by atoms with Crippen LogP contribution in [0.2, 0.25) is 5.02 Å². The molecule has 0 aliphatic heterocycles. The van der Waals surface area contributed by atoms with E-state index in [1.54, 1.807) is 12.1 Å². The number of thioether (sulfide) groups is 1. The van der Waals surface area contributed by atoms with E-state index in [-0.39, 0.29) is 30.1 Å². The molecule has 0 aliphatic carbocycles. The molecule has 0 unspecified atom stereocenters. The number of nitrogen functional groups attached to an aromatic ring is 2. The van der Waals surface area contributed by atoms with Gasteiger partial charge in [-0.1, -0.05) is 23.4 Å². The van der Waals surface area contributed by atoms with Crippen LogP contribution < -0.4 is 16.8 Å². The van der Waals surface area contributed by atoms with Crippen LogP contribution in [0.25, 0.3) is 11.3 Å². The van der Waals surface area contributed by atoms with Gasteiger partial charge in [0.05, 0.1) is 12.3 Å². The first kappa shape index (κ1) is 18.0. The molecule has 0 saturated heterocycles. The van der Waals surface area contributed by atoms with Crippen molar-refractivity contribution in [1.29, 1.82) is 0 Å². The van der Waals surface area contributed by atoms with Gasteiger partial charge in [-0.2, -0.15) is 15.0 Å². The molecule has 0 spiro atoms. The van der Waals surface area contributed by atoms with Crippen LogP contribution in [0.3, 0.4) is 0 Å². The number of aromatic nitrogens is 3. The van der Waals surface area contributed by atoms with Gasteiger partial charge in [0.1, 0.15) is 11.5 Å². The predicted molar refractivity (Wildman–Crippen MR) is 100 cm³/mol. The van der Waals surface area contributed by atoms with Crippen LogP contribution in [-0.2, 0) is 11.3 Å². The van der Waals surface area contributed by atoms with E-state index >= 15 is 0 Å². The first-order valence-corrected chi connectivity index (χ1v) is 8.87. The van der Waals surface area contributed by atoms with E-state index in [9.17, 15) is 4.79 Å². The van der Waals surface area contributed by atoms with Gasteiger partial charge in [0.2, 0.25) is 17.8 Å². The van der Waals surface area contributed by atoms with E-state index in [1.807, 2.05) is 24.3 Å². The fourth-order valence-corrected chi connectivity index (χ4v) is 2.87. The Hall–Kier alpha value is -2.78. The zero-order chi connectivity index (χ0) is 18.5. The highest BCUT2D eigenvalue weighted by Crippen LogP contribution is 2.23. The molecule has 0 saturated carbocycles. The number of amides is 1. The number of furan rings is 1. The molecule has 3 aromatic rings. The Labute approximate surface area is 158 Å². The summed E-state index contributed by atoms with van der Waals surface area (Å²) in [4.78, 5) is 23.4. The second-order valence-electron chi connectivity index (χ2n) is 5.17. The topological polar surface area (TPSA) is 133 Å². The van der Waals surface area contributed by atoms with Crippen molar-refractivity contribution >= 4 is 41.2 Å². The first-order valence-electron chi connectivity index (χ1n) is 7.51. The van der Waals surface area contributed by atoms with Crippen LogP contribution in [0, 0.1) is 0 Å². The molecule has 8 nitrogen and oxygen atoms in total. The molecule has 0 bridgehead atoms. The standard InChI is InChI=1S/C16H15ClN6O2S/c17-10-3-1-9(2-4-10)12-6-5-11(25-12)7-20-13(24)8-26-16-22-14(18)21-15(19)23-16/h1-6H,7-8H2,(H,20,24)(H4,18,19,21,22,23). The van der Waals surface area contributed by atoms with Crippen LogP contribution in [0.15, 0.2) is 46.0 Å². The van der Waals surface area contributed by atoms with E-state index < -0.39 is 0 Å². The number of carbonyl (C=O) groups excluding carboxylic acids is 1. The minimum absolute atomic E-state index is 0.0192. The summed E-state index contributed by atoms with van der Waals surface area (Å²) >= 11 is 6.99. The average molecular weight is 391 g/mol. The summed E-state index contributed by atoms with van der Waals surface area (Å²) in [5, 5.41) is 3.72. The predicted octanol–water partition coefficient (Wildman–Crippen LogP) is 2.36. The number of nitrogens with zero attached hydrogens (tertiary/aromatic N) is 3. The average Bonchev–Trinajstić information content (AvgIpc) is 3.07. The summed E-state index contributed by atoms with van der Waals surface area (Å²) < 4.78 is 5.72. The third kappa shape index (κ3) is 4.87. The van der Waals surface area contributed by atoms with Gasteiger partial charge < -0.3 is 21.2 Å². The van der Waals surface area contributed by atoms with E-state index in [4.69, 9.17) is 27.5 Å². The quantitative estimate of drug-likeness (QED) is 0.546. The van der Waals surface area contributed by atoms with E-state index in [0.717, 1.165) is 17.3 Å². The summed E-state index contributed by atoms with van der Waals surface area (Å²) in [6, 6.07) is 11.0. The monoisotopic (exact) mass is 390 g/mol. The molecule has 2 heterocycles. The molecule has 0 radical (unpaired) electrons. The number of hydrogen-bond donors (Lipinski definition) is 3. The highest BCUT2D eigenvalue weighted by Gasteiger charge is 2.09. The smallest absolute Gasteiger partial charge is 0.230 e.